The minimum absolute atomic E-state index is 0.471. The highest BCUT2D eigenvalue weighted by Gasteiger charge is 2.30. The summed E-state index contributed by atoms with van der Waals surface area (Å²) in [5.41, 5.74) is 3.44. The Hall–Kier alpha value is -1.74. The molecule has 1 N–H and O–H groups in total. The molecule has 0 radical (unpaired) electrons. The van der Waals surface area contributed by atoms with E-state index in [0.717, 1.165) is 29.8 Å². The summed E-state index contributed by atoms with van der Waals surface area (Å²) in [5, 5.41) is 4.04. The third kappa shape index (κ3) is 3.13. The van der Waals surface area contributed by atoms with Crippen molar-refractivity contribution in [2.24, 2.45) is 0 Å². The van der Waals surface area contributed by atoms with Gasteiger partial charge in [-0.1, -0.05) is 23.7 Å². The van der Waals surface area contributed by atoms with Gasteiger partial charge in [-0.3, -0.25) is 0 Å². The summed E-state index contributed by atoms with van der Waals surface area (Å²) in [6.45, 7) is 2.02. The molecule has 0 amide bonds. The number of hydrogen-bond donors (Lipinski definition) is 1. The van der Waals surface area contributed by atoms with Crippen molar-refractivity contribution in [1.82, 2.24) is 4.98 Å². The van der Waals surface area contributed by atoms with Gasteiger partial charge in [0.05, 0.1) is 12.8 Å². The number of nitrogens with one attached hydrogen (secondary N) is 1. The van der Waals surface area contributed by atoms with E-state index in [1.54, 1.807) is 13.3 Å². The predicted octanol–water partition coefficient (Wildman–Crippen LogP) is 4.41. The minimum atomic E-state index is 0.471. The average molecular weight is 303 g/mol. The molecule has 4 heteroatoms. The van der Waals surface area contributed by atoms with Crippen LogP contribution in [-0.2, 0) is 0 Å². The summed E-state index contributed by atoms with van der Waals surface area (Å²) in [5.74, 6) is 1.52. The number of benzene rings is 1. The first kappa shape index (κ1) is 14.2. The maximum absolute atomic E-state index is 6.12. The molecular formula is C17H19ClN2O. The second kappa shape index (κ2) is 5.94. The summed E-state index contributed by atoms with van der Waals surface area (Å²) < 4.78 is 5.19. The Labute approximate surface area is 130 Å². The van der Waals surface area contributed by atoms with E-state index < -0.39 is 0 Å². The number of anilines is 1. The van der Waals surface area contributed by atoms with Crippen LogP contribution in [0, 0.1) is 6.92 Å². The van der Waals surface area contributed by atoms with Crippen molar-refractivity contribution in [3.63, 3.8) is 0 Å². The van der Waals surface area contributed by atoms with Crippen LogP contribution >= 0.6 is 11.6 Å². The first-order chi connectivity index (χ1) is 10.2. The van der Waals surface area contributed by atoms with E-state index in [0.29, 0.717) is 17.1 Å². The van der Waals surface area contributed by atoms with Crippen LogP contribution in [-0.4, -0.2) is 18.1 Å². The Morgan fingerprint density at radius 3 is 2.62 bits per heavy atom. The molecule has 1 fully saturated rings. The maximum Gasteiger partial charge on any atom is 0.152 e. The number of nitrogens with zero attached hydrogens (tertiary/aromatic N) is 1. The van der Waals surface area contributed by atoms with Crippen LogP contribution in [0.4, 0.5) is 5.69 Å². The number of rotatable bonds is 4. The molecule has 2 aromatic rings. The monoisotopic (exact) mass is 302 g/mol. The lowest BCUT2D eigenvalue weighted by atomic mass is 9.76. The predicted molar refractivity (Wildman–Crippen MR) is 86.4 cm³/mol. The van der Waals surface area contributed by atoms with Gasteiger partial charge < -0.3 is 10.1 Å². The largest absolute Gasteiger partial charge is 0.497 e. The number of hydrogen-bond acceptors (Lipinski definition) is 3. The number of aromatic nitrogens is 1. The molecule has 1 aliphatic rings. The fourth-order valence-corrected chi connectivity index (χ4v) is 2.92. The Morgan fingerprint density at radius 2 is 1.95 bits per heavy atom. The third-order valence-electron chi connectivity index (χ3n) is 4.06. The zero-order chi connectivity index (χ0) is 14.8. The molecule has 1 aromatic carbocycles. The van der Waals surface area contributed by atoms with Crippen LogP contribution in [0.5, 0.6) is 5.75 Å². The lowest BCUT2D eigenvalue weighted by Gasteiger charge is -2.37. The molecule has 0 aliphatic heterocycles. The third-order valence-corrected chi connectivity index (χ3v) is 4.36. The Kier molecular flexibility index (Phi) is 4.02. The summed E-state index contributed by atoms with van der Waals surface area (Å²) in [6.07, 6.45) is 4.03. The van der Waals surface area contributed by atoms with Crippen LogP contribution < -0.4 is 10.1 Å². The Morgan fingerprint density at radius 1 is 1.24 bits per heavy atom. The van der Waals surface area contributed by atoms with Crippen molar-refractivity contribution in [2.75, 3.05) is 12.4 Å². The molecule has 3 nitrogen and oxygen atoms in total. The van der Waals surface area contributed by atoms with E-state index in [1.807, 2.05) is 19.1 Å². The van der Waals surface area contributed by atoms with Crippen molar-refractivity contribution in [3.05, 3.63) is 52.8 Å². The topological polar surface area (TPSA) is 34.1 Å². The number of aryl methyl sites for hydroxylation is 1. The van der Waals surface area contributed by atoms with E-state index in [9.17, 15) is 0 Å². The first-order valence-corrected chi connectivity index (χ1v) is 7.56. The lowest BCUT2D eigenvalue weighted by molar-refractivity contribution is 0.373. The number of pyridine rings is 1. The van der Waals surface area contributed by atoms with Gasteiger partial charge >= 0.3 is 0 Å². The molecule has 0 unspecified atom stereocenters. The van der Waals surface area contributed by atoms with Crippen LogP contribution in [0.25, 0.3) is 0 Å². The molecule has 1 saturated carbocycles. The molecule has 1 heterocycles. The molecule has 0 bridgehead atoms. The Balaban J connectivity index is 1.59. The van der Waals surface area contributed by atoms with Crippen molar-refractivity contribution >= 4 is 17.3 Å². The van der Waals surface area contributed by atoms with Gasteiger partial charge in [-0.05, 0) is 55.0 Å². The smallest absolute Gasteiger partial charge is 0.152 e. The average Bonchev–Trinajstić information content (AvgIpc) is 2.46. The van der Waals surface area contributed by atoms with Crippen LogP contribution in [0.1, 0.15) is 29.9 Å². The number of methoxy groups -OCH3 is 1. The SMILES string of the molecule is COc1ccc(C2CC(Nc3cc(C)cnc3Cl)C2)cc1. The standard InChI is InChI=1S/C17H19ClN2O/c1-11-7-16(17(18)19-10-11)20-14-8-13(9-14)12-3-5-15(21-2)6-4-12/h3-7,10,13-14,20H,8-9H2,1-2H3. The summed E-state index contributed by atoms with van der Waals surface area (Å²) in [7, 11) is 1.69. The highest BCUT2D eigenvalue weighted by atomic mass is 35.5. The lowest BCUT2D eigenvalue weighted by Crippen LogP contribution is -2.34. The van der Waals surface area contributed by atoms with E-state index in [-0.39, 0.29) is 0 Å². The fourth-order valence-electron chi connectivity index (χ4n) is 2.76. The molecular weight excluding hydrogens is 284 g/mol. The summed E-state index contributed by atoms with van der Waals surface area (Å²) in [4.78, 5) is 4.18. The molecule has 1 aromatic heterocycles. The van der Waals surface area contributed by atoms with E-state index in [2.05, 4.69) is 28.5 Å². The quantitative estimate of drug-likeness (QED) is 0.849. The van der Waals surface area contributed by atoms with Crippen molar-refractivity contribution in [1.29, 1.82) is 0 Å². The van der Waals surface area contributed by atoms with Gasteiger partial charge in [-0.15, -0.1) is 0 Å². The van der Waals surface area contributed by atoms with Crippen LogP contribution in [0.3, 0.4) is 0 Å². The number of ether oxygens (including phenoxy) is 1. The minimum Gasteiger partial charge on any atom is -0.497 e. The van der Waals surface area contributed by atoms with Crippen LogP contribution in [0.15, 0.2) is 36.5 Å². The van der Waals surface area contributed by atoms with Gasteiger partial charge in [0.2, 0.25) is 0 Å². The molecule has 0 spiro atoms. The maximum atomic E-state index is 6.12. The number of halogens is 1. The highest BCUT2D eigenvalue weighted by molar-refractivity contribution is 6.32. The van der Waals surface area contributed by atoms with Gasteiger partial charge in [0, 0.05) is 12.2 Å². The van der Waals surface area contributed by atoms with Crippen molar-refractivity contribution in [3.8, 4) is 5.75 Å². The molecule has 21 heavy (non-hydrogen) atoms. The zero-order valence-corrected chi connectivity index (χ0v) is 13.0. The molecule has 3 rings (SSSR count). The van der Waals surface area contributed by atoms with Gasteiger partial charge in [-0.25, -0.2) is 4.98 Å². The Bertz CT molecular complexity index is 621. The molecule has 0 atom stereocenters. The van der Waals surface area contributed by atoms with Crippen LogP contribution in [0.2, 0.25) is 5.15 Å². The second-order valence-electron chi connectivity index (χ2n) is 5.63. The first-order valence-electron chi connectivity index (χ1n) is 7.18. The fraction of sp³-hybridized carbons (Fsp3) is 0.353. The van der Waals surface area contributed by atoms with Gasteiger partial charge in [0.15, 0.2) is 5.15 Å². The summed E-state index contributed by atoms with van der Waals surface area (Å²) in [6, 6.07) is 10.9. The molecule has 1 aliphatic carbocycles. The normalized spacial score (nSPS) is 20.7. The van der Waals surface area contributed by atoms with Gasteiger partial charge in [0.1, 0.15) is 5.75 Å². The highest BCUT2D eigenvalue weighted by Crippen LogP contribution is 2.39. The summed E-state index contributed by atoms with van der Waals surface area (Å²) >= 11 is 6.12. The van der Waals surface area contributed by atoms with Crippen molar-refractivity contribution in [2.45, 2.75) is 31.7 Å². The molecule has 0 saturated heterocycles. The van der Waals surface area contributed by atoms with Crippen molar-refractivity contribution < 1.29 is 4.74 Å². The zero-order valence-electron chi connectivity index (χ0n) is 12.3. The van der Waals surface area contributed by atoms with Gasteiger partial charge in [-0.2, -0.15) is 0 Å². The van der Waals surface area contributed by atoms with E-state index in [4.69, 9.17) is 16.3 Å². The second-order valence-corrected chi connectivity index (χ2v) is 5.99. The van der Waals surface area contributed by atoms with Gasteiger partial charge in [0.25, 0.3) is 0 Å². The van der Waals surface area contributed by atoms with E-state index >= 15 is 0 Å². The van der Waals surface area contributed by atoms with E-state index in [1.165, 1.54) is 5.56 Å². The molecule has 110 valence electrons.